The van der Waals surface area contributed by atoms with Gasteiger partial charge in [-0.1, -0.05) is 6.92 Å². The lowest BCUT2D eigenvalue weighted by molar-refractivity contribution is 0.0690. The molecule has 1 aliphatic rings. The molecule has 2 atom stereocenters. The summed E-state index contributed by atoms with van der Waals surface area (Å²) in [6, 6.07) is 2.97. The molecule has 4 N–H and O–H groups in total. The Balaban J connectivity index is 2.06. The van der Waals surface area contributed by atoms with E-state index in [1.165, 1.54) is 12.5 Å². The van der Waals surface area contributed by atoms with E-state index in [2.05, 4.69) is 17.2 Å². The van der Waals surface area contributed by atoms with E-state index in [-0.39, 0.29) is 5.69 Å². The van der Waals surface area contributed by atoms with Crippen LogP contribution in [-0.2, 0) is 0 Å². The Morgan fingerprint density at radius 1 is 1.69 bits per heavy atom. The van der Waals surface area contributed by atoms with Crippen molar-refractivity contribution in [3.05, 3.63) is 17.8 Å². The number of nitrogens with one attached hydrogen (secondary N) is 1. The summed E-state index contributed by atoms with van der Waals surface area (Å²) < 4.78 is 0. The largest absolute Gasteiger partial charge is 0.477 e. The molecule has 0 aromatic carbocycles. The van der Waals surface area contributed by atoms with Crippen LogP contribution in [0.1, 0.15) is 23.8 Å². The Hall–Kier alpha value is -1.78. The van der Waals surface area contributed by atoms with E-state index in [0.29, 0.717) is 17.4 Å². The first-order chi connectivity index (χ1) is 7.58. The van der Waals surface area contributed by atoms with Crippen LogP contribution >= 0.6 is 0 Å². The lowest BCUT2D eigenvalue weighted by Crippen LogP contribution is -2.11. The first-order valence-electron chi connectivity index (χ1n) is 5.31. The van der Waals surface area contributed by atoms with Crippen molar-refractivity contribution in [2.45, 2.75) is 13.3 Å². The summed E-state index contributed by atoms with van der Waals surface area (Å²) in [4.78, 5) is 14.7. The van der Waals surface area contributed by atoms with E-state index in [4.69, 9.17) is 10.8 Å². The maximum absolute atomic E-state index is 10.7. The van der Waals surface area contributed by atoms with Gasteiger partial charge in [0.15, 0.2) is 5.69 Å². The maximum Gasteiger partial charge on any atom is 0.354 e. The van der Waals surface area contributed by atoms with Crippen LogP contribution in [0.25, 0.3) is 0 Å². The second-order valence-electron chi connectivity index (χ2n) is 4.29. The number of hydrogen-bond acceptors (Lipinski definition) is 4. The van der Waals surface area contributed by atoms with E-state index in [0.717, 1.165) is 12.5 Å². The van der Waals surface area contributed by atoms with Crippen LogP contribution < -0.4 is 11.1 Å². The van der Waals surface area contributed by atoms with Crippen LogP contribution in [0.4, 0.5) is 11.5 Å². The second-order valence-corrected chi connectivity index (χ2v) is 4.29. The molecular weight excluding hydrogens is 206 g/mol. The standard InChI is InChI=1S/C11H15N3O2/c1-6-4-7(6)5-13-10-8(12)2-3-9(14-10)11(15)16/h2-3,6-7H,4-5,12H2,1H3,(H,13,14)(H,15,16). The molecule has 1 aromatic rings. The molecule has 86 valence electrons. The van der Waals surface area contributed by atoms with Crippen molar-refractivity contribution in [2.24, 2.45) is 11.8 Å². The fourth-order valence-electron chi connectivity index (χ4n) is 1.64. The Morgan fingerprint density at radius 3 is 2.94 bits per heavy atom. The summed E-state index contributed by atoms with van der Waals surface area (Å²) in [7, 11) is 0. The fourth-order valence-corrected chi connectivity index (χ4v) is 1.64. The molecule has 0 bridgehead atoms. The minimum atomic E-state index is -1.04. The number of carbonyl (C=O) groups is 1. The quantitative estimate of drug-likeness (QED) is 0.715. The van der Waals surface area contributed by atoms with Crippen molar-refractivity contribution in [2.75, 3.05) is 17.6 Å². The lowest BCUT2D eigenvalue weighted by Gasteiger charge is -2.08. The molecule has 16 heavy (non-hydrogen) atoms. The zero-order valence-corrected chi connectivity index (χ0v) is 9.10. The summed E-state index contributed by atoms with van der Waals surface area (Å²) >= 11 is 0. The Morgan fingerprint density at radius 2 is 2.38 bits per heavy atom. The minimum absolute atomic E-state index is 0.0144. The van der Waals surface area contributed by atoms with Gasteiger partial charge in [-0.15, -0.1) is 0 Å². The highest BCUT2D eigenvalue weighted by Gasteiger charge is 2.32. The second kappa shape index (κ2) is 4.00. The molecular formula is C11H15N3O2. The Kier molecular flexibility index (Phi) is 2.68. The predicted octanol–water partition coefficient (Wildman–Crippen LogP) is 1.43. The van der Waals surface area contributed by atoms with Gasteiger partial charge in [0.2, 0.25) is 0 Å². The van der Waals surface area contributed by atoms with Crippen LogP contribution in [0.5, 0.6) is 0 Å². The number of anilines is 2. The molecule has 1 saturated carbocycles. The average molecular weight is 221 g/mol. The molecule has 1 aliphatic carbocycles. The molecule has 1 heterocycles. The van der Waals surface area contributed by atoms with Crippen molar-refractivity contribution in [3.63, 3.8) is 0 Å². The van der Waals surface area contributed by atoms with Gasteiger partial charge in [-0.25, -0.2) is 9.78 Å². The number of carboxylic acids is 1. The number of aromatic nitrogens is 1. The van der Waals surface area contributed by atoms with Gasteiger partial charge in [-0.2, -0.15) is 0 Å². The highest BCUT2D eigenvalue weighted by molar-refractivity contribution is 5.86. The van der Waals surface area contributed by atoms with E-state index < -0.39 is 5.97 Å². The van der Waals surface area contributed by atoms with Crippen molar-refractivity contribution in [1.82, 2.24) is 4.98 Å². The van der Waals surface area contributed by atoms with Gasteiger partial charge in [0.1, 0.15) is 5.82 Å². The zero-order valence-electron chi connectivity index (χ0n) is 9.10. The van der Waals surface area contributed by atoms with Gasteiger partial charge in [0, 0.05) is 6.54 Å². The summed E-state index contributed by atoms with van der Waals surface area (Å²) in [5.41, 5.74) is 6.21. The lowest BCUT2D eigenvalue weighted by atomic mass is 10.3. The number of carboxylic acid groups (broad SMARTS) is 1. The van der Waals surface area contributed by atoms with Gasteiger partial charge < -0.3 is 16.2 Å². The minimum Gasteiger partial charge on any atom is -0.477 e. The van der Waals surface area contributed by atoms with E-state index in [1.54, 1.807) is 6.07 Å². The Labute approximate surface area is 93.7 Å². The third kappa shape index (κ3) is 2.24. The SMILES string of the molecule is CC1CC1CNc1nc(C(=O)O)ccc1N. The van der Waals surface area contributed by atoms with Crippen LogP contribution in [-0.4, -0.2) is 22.6 Å². The number of nitrogen functional groups attached to an aromatic ring is 1. The molecule has 0 saturated heterocycles. The smallest absolute Gasteiger partial charge is 0.354 e. The first-order valence-corrected chi connectivity index (χ1v) is 5.31. The van der Waals surface area contributed by atoms with Gasteiger partial charge in [0.05, 0.1) is 5.69 Å². The molecule has 0 amide bonds. The van der Waals surface area contributed by atoms with Crippen LogP contribution in [0, 0.1) is 11.8 Å². The van der Waals surface area contributed by atoms with Gasteiger partial charge >= 0.3 is 5.97 Å². The van der Waals surface area contributed by atoms with Crippen LogP contribution in [0.2, 0.25) is 0 Å². The van der Waals surface area contributed by atoms with Crippen molar-refractivity contribution >= 4 is 17.5 Å². The molecule has 2 rings (SSSR count). The van der Waals surface area contributed by atoms with Gasteiger partial charge in [-0.3, -0.25) is 0 Å². The average Bonchev–Trinajstić information content (AvgIpc) is 2.93. The van der Waals surface area contributed by atoms with Gasteiger partial charge in [0.25, 0.3) is 0 Å². The highest BCUT2D eigenvalue weighted by Crippen LogP contribution is 2.37. The molecule has 5 nitrogen and oxygen atoms in total. The Bertz CT molecular complexity index is 420. The topological polar surface area (TPSA) is 88.2 Å². The van der Waals surface area contributed by atoms with E-state index in [1.807, 2.05) is 0 Å². The molecule has 5 heteroatoms. The number of nitrogens with zero attached hydrogens (tertiary/aromatic N) is 1. The molecule has 0 spiro atoms. The monoisotopic (exact) mass is 221 g/mol. The molecule has 0 aliphatic heterocycles. The maximum atomic E-state index is 10.7. The van der Waals surface area contributed by atoms with E-state index in [9.17, 15) is 4.79 Å². The fraction of sp³-hybridized carbons (Fsp3) is 0.455. The number of nitrogens with two attached hydrogens (primary N) is 1. The molecule has 2 unspecified atom stereocenters. The normalized spacial score (nSPS) is 22.8. The van der Waals surface area contributed by atoms with Gasteiger partial charge in [-0.05, 0) is 30.4 Å². The molecule has 1 fully saturated rings. The van der Waals surface area contributed by atoms with Crippen molar-refractivity contribution < 1.29 is 9.90 Å². The number of aromatic carboxylic acids is 1. The highest BCUT2D eigenvalue weighted by atomic mass is 16.4. The van der Waals surface area contributed by atoms with E-state index >= 15 is 0 Å². The molecule has 1 aromatic heterocycles. The summed E-state index contributed by atoms with van der Waals surface area (Å²) in [5.74, 6) is 0.841. The summed E-state index contributed by atoms with van der Waals surface area (Å²) in [5, 5.41) is 11.9. The number of pyridine rings is 1. The number of rotatable bonds is 4. The third-order valence-corrected chi connectivity index (χ3v) is 2.95. The summed E-state index contributed by atoms with van der Waals surface area (Å²) in [6.45, 7) is 3.00. The summed E-state index contributed by atoms with van der Waals surface area (Å²) in [6.07, 6.45) is 1.21. The number of hydrogen-bond donors (Lipinski definition) is 3. The van der Waals surface area contributed by atoms with Crippen LogP contribution in [0.15, 0.2) is 12.1 Å². The zero-order chi connectivity index (χ0) is 11.7. The van der Waals surface area contributed by atoms with Crippen LogP contribution in [0.3, 0.4) is 0 Å². The van der Waals surface area contributed by atoms with Crippen molar-refractivity contribution in [3.8, 4) is 0 Å². The first kappa shape index (κ1) is 10.7. The third-order valence-electron chi connectivity index (χ3n) is 2.95. The predicted molar refractivity (Wildman–Crippen MR) is 61.4 cm³/mol. The van der Waals surface area contributed by atoms with Crippen molar-refractivity contribution in [1.29, 1.82) is 0 Å². The molecule has 0 radical (unpaired) electrons.